The summed E-state index contributed by atoms with van der Waals surface area (Å²) in [5, 5.41) is 3.37. The van der Waals surface area contributed by atoms with Crippen molar-refractivity contribution >= 4 is 11.6 Å². The standard InChI is InChI=1S/C22H35FN4O2/c1-4-24-22(27-11-13-29-21(16-27)20-8-7-12-28-20)25-15-17-9-10-19(18(23)14-17)26(5-2)6-3/h9-10,14,20-21H,4-8,11-13,15-16H2,1-3H3,(H,24,25). The van der Waals surface area contributed by atoms with Crippen molar-refractivity contribution in [1.82, 2.24) is 10.2 Å². The molecule has 2 aliphatic rings. The molecule has 0 spiro atoms. The summed E-state index contributed by atoms with van der Waals surface area (Å²) in [6.07, 6.45) is 2.43. The lowest BCUT2D eigenvalue weighted by Gasteiger charge is -2.37. The Morgan fingerprint density at radius 1 is 1.21 bits per heavy atom. The van der Waals surface area contributed by atoms with Gasteiger partial charge in [0.25, 0.3) is 0 Å². The van der Waals surface area contributed by atoms with Gasteiger partial charge in [0.15, 0.2) is 5.96 Å². The summed E-state index contributed by atoms with van der Waals surface area (Å²) in [6.45, 7) is 12.0. The van der Waals surface area contributed by atoms with Gasteiger partial charge in [0.1, 0.15) is 11.9 Å². The fourth-order valence-electron chi connectivity index (χ4n) is 4.05. The smallest absolute Gasteiger partial charge is 0.194 e. The zero-order valence-corrected chi connectivity index (χ0v) is 18.0. The van der Waals surface area contributed by atoms with E-state index in [2.05, 4.69) is 17.1 Å². The van der Waals surface area contributed by atoms with E-state index in [1.807, 2.05) is 30.9 Å². The van der Waals surface area contributed by atoms with E-state index in [4.69, 9.17) is 14.5 Å². The largest absolute Gasteiger partial charge is 0.375 e. The van der Waals surface area contributed by atoms with E-state index in [0.717, 1.165) is 63.7 Å². The second kappa shape index (κ2) is 10.8. The molecule has 0 bridgehead atoms. The van der Waals surface area contributed by atoms with Crippen LogP contribution in [0.5, 0.6) is 0 Å². The fraction of sp³-hybridized carbons (Fsp3) is 0.682. The number of nitrogens with one attached hydrogen (secondary N) is 1. The van der Waals surface area contributed by atoms with Gasteiger partial charge in [-0.05, 0) is 51.3 Å². The first-order valence-corrected chi connectivity index (χ1v) is 11.0. The number of aliphatic imine (C=N–C) groups is 1. The van der Waals surface area contributed by atoms with Crippen LogP contribution in [0.1, 0.15) is 39.2 Å². The number of morpholine rings is 1. The SMILES string of the molecule is CCNC(=NCc1ccc(N(CC)CC)c(F)c1)N1CCOC(C2CCCO2)C1. The van der Waals surface area contributed by atoms with Gasteiger partial charge in [-0.25, -0.2) is 9.38 Å². The Hall–Kier alpha value is -1.86. The molecule has 2 saturated heterocycles. The molecule has 1 aromatic rings. The maximum atomic E-state index is 14.6. The monoisotopic (exact) mass is 406 g/mol. The van der Waals surface area contributed by atoms with Crippen LogP contribution >= 0.6 is 0 Å². The highest BCUT2D eigenvalue weighted by Crippen LogP contribution is 2.22. The molecule has 0 saturated carbocycles. The third-order valence-corrected chi connectivity index (χ3v) is 5.64. The van der Waals surface area contributed by atoms with Gasteiger partial charge in [-0.1, -0.05) is 6.07 Å². The number of hydrogen-bond donors (Lipinski definition) is 1. The van der Waals surface area contributed by atoms with Crippen molar-refractivity contribution in [2.45, 2.75) is 52.4 Å². The third kappa shape index (κ3) is 5.60. The normalized spacial score (nSPS) is 22.8. The van der Waals surface area contributed by atoms with E-state index in [-0.39, 0.29) is 18.0 Å². The average Bonchev–Trinajstić information content (AvgIpc) is 3.28. The predicted octanol–water partition coefficient (Wildman–Crippen LogP) is 3.02. The van der Waals surface area contributed by atoms with E-state index >= 15 is 0 Å². The Bertz CT molecular complexity index is 675. The minimum absolute atomic E-state index is 0.0842. The summed E-state index contributed by atoms with van der Waals surface area (Å²) in [7, 11) is 0. The first kappa shape index (κ1) is 21.8. The number of benzene rings is 1. The van der Waals surface area contributed by atoms with E-state index in [9.17, 15) is 4.39 Å². The van der Waals surface area contributed by atoms with Crippen LogP contribution < -0.4 is 10.2 Å². The Morgan fingerprint density at radius 3 is 2.66 bits per heavy atom. The van der Waals surface area contributed by atoms with Gasteiger partial charge >= 0.3 is 0 Å². The van der Waals surface area contributed by atoms with Crippen LogP contribution in [0.15, 0.2) is 23.2 Å². The summed E-state index contributed by atoms with van der Waals surface area (Å²) in [5.74, 6) is 0.670. The molecular weight excluding hydrogens is 371 g/mol. The number of halogens is 1. The predicted molar refractivity (Wildman–Crippen MR) is 115 cm³/mol. The van der Waals surface area contributed by atoms with Gasteiger partial charge in [-0.2, -0.15) is 0 Å². The molecule has 0 radical (unpaired) electrons. The molecule has 7 heteroatoms. The topological polar surface area (TPSA) is 49.3 Å². The molecule has 6 nitrogen and oxygen atoms in total. The molecule has 2 atom stereocenters. The highest BCUT2D eigenvalue weighted by atomic mass is 19.1. The molecular formula is C22H35FN4O2. The Kier molecular flexibility index (Phi) is 8.12. The number of ether oxygens (including phenoxy) is 2. The molecule has 0 aliphatic carbocycles. The third-order valence-electron chi connectivity index (χ3n) is 5.64. The average molecular weight is 407 g/mol. The first-order chi connectivity index (χ1) is 14.2. The van der Waals surface area contributed by atoms with Crippen LogP contribution in [0.25, 0.3) is 0 Å². The number of guanidine groups is 1. The zero-order valence-electron chi connectivity index (χ0n) is 18.0. The molecule has 3 rings (SSSR count). The number of hydrogen-bond acceptors (Lipinski definition) is 4. The first-order valence-electron chi connectivity index (χ1n) is 11.0. The van der Waals surface area contributed by atoms with Gasteiger partial charge in [-0.3, -0.25) is 0 Å². The molecule has 0 aromatic heterocycles. The Labute approximate surface area is 174 Å². The highest BCUT2D eigenvalue weighted by Gasteiger charge is 2.32. The minimum Gasteiger partial charge on any atom is -0.375 e. The van der Waals surface area contributed by atoms with Gasteiger partial charge in [0, 0.05) is 39.3 Å². The van der Waals surface area contributed by atoms with Crippen LogP contribution in [-0.2, 0) is 16.0 Å². The van der Waals surface area contributed by atoms with Crippen LogP contribution in [0.3, 0.4) is 0 Å². The molecule has 2 heterocycles. The van der Waals surface area contributed by atoms with Crippen molar-refractivity contribution in [2.75, 3.05) is 50.8 Å². The molecule has 1 aromatic carbocycles. The molecule has 2 unspecified atom stereocenters. The lowest BCUT2D eigenvalue weighted by atomic mass is 10.1. The van der Waals surface area contributed by atoms with Crippen LogP contribution in [0.2, 0.25) is 0 Å². The van der Waals surface area contributed by atoms with Crippen molar-refractivity contribution in [3.8, 4) is 0 Å². The fourth-order valence-corrected chi connectivity index (χ4v) is 4.05. The van der Waals surface area contributed by atoms with Gasteiger partial charge in [0.2, 0.25) is 0 Å². The van der Waals surface area contributed by atoms with Crippen LogP contribution in [-0.4, -0.2) is 69.0 Å². The maximum Gasteiger partial charge on any atom is 0.194 e. The summed E-state index contributed by atoms with van der Waals surface area (Å²) < 4.78 is 26.3. The van der Waals surface area contributed by atoms with Crippen molar-refractivity contribution in [2.24, 2.45) is 4.99 Å². The maximum absolute atomic E-state index is 14.6. The number of nitrogens with zero attached hydrogens (tertiary/aromatic N) is 3. The van der Waals surface area contributed by atoms with Crippen molar-refractivity contribution in [3.63, 3.8) is 0 Å². The minimum atomic E-state index is -0.184. The van der Waals surface area contributed by atoms with E-state index in [0.29, 0.717) is 18.8 Å². The van der Waals surface area contributed by atoms with Crippen molar-refractivity contribution in [3.05, 3.63) is 29.6 Å². The zero-order chi connectivity index (χ0) is 20.6. The summed E-state index contributed by atoms with van der Waals surface area (Å²) in [6, 6.07) is 5.44. The molecule has 162 valence electrons. The van der Waals surface area contributed by atoms with Gasteiger partial charge < -0.3 is 24.6 Å². The van der Waals surface area contributed by atoms with E-state index < -0.39 is 0 Å². The lowest BCUT2D eigenvalue weighted by Crippen LogP contribution is -2.53. The number of rotatable bonds is 7. The van der Waals surface area contributed by atoms with Crippen LogP contribution in [0.4, 0.5) is 10.1 Å². The highest BCUT2D eigenvalue weighted by molar-refractivity contribution is 5.80. The van der Waals surface area contributed by atoms with Crippen LogP contribution in [0, 0.1) is 5.82 Å². The second-order valence-corrected chi connectivity index (χ2v) is 7.53. The van der Waals surface area contributed by atoms with Gasteiger partial charge in [0.05, 0.1) is 24.9 Å². The van der Waals surface area contributed by atoms with E-state index in [1.54, 1.807) is 6.07 Å². The second-order valence-electron chi connectivity index (χ2n) is 7.53. The molecule has 1 N–H and O–H groups in total. The number of anilines is 1. The van der Waals surface area contributed by atoms with E-state index in [1.165, 1.54) is 0 Å². The van der Waals surface area contributed by atoms with Gasteiger partial charge in [-0.15, -0.1) is 0 Å². The molecule has 2 fully saturated rings. The lowest BCUT2D eigenvalue weighted by molar-refractivity contribution is -0.0817. The molecule has 2 aliphatic heterocycles. The molecule has 0 amide bonds. The molecule has 29 heavy (non-hydrogen) atoms. The Morgan fingerprint density at radius 2 is 2.00 bits per heavy atom. The quantitative estimate of drug-likeness (QED) is 0.557. The summed E-state index contributed by atoms with van der Waals surface area (Å²) in [5.41, 5.74) is 1.53. The van der Waals surface area contributed by atoms with Crippen molar-refractivity contribution in [1.29, 1.82) is 0 Å². The summed E-state index contributed by atoms with van der Waals surface area (Å²) >= 11 is 0. The Balaban J connectivity index is 1.68. The van der Waals surface area contributed by atoms with Crippen molar-refractivity contribution < 1.29 is 13.9 Å². The summed E-state index contributed by atoms with van der Waals surface area (Å²) in [4.78, 5) is 9.03.